The topological polar surface area (TPSA) is 40.5 Å². The van der Waals surface area contributed by atoms with Gasteiger partial charge in [0.1, 0.15) is 0 Å². The van der Waals surface area contributed by atoms with E-state index >= 15 is 0 Å². The second-order valence-corrected chi connectivity index (χ2v) is 7.47. The van der Waals surface area contributed by atoms with E-state index in [2.05, 4.69) is 26.8 Å². The Morgan fingerprint density at radius 1 is 1.24 bits per heavy atom. The molecule has 0 spiro atoms. The van der Waals surface area contributed by atoms with Crippen LogP contribution in [0.5, 0.6) is 0 Å². The molecule has 2 N–H and O–H groups in total. The average molecular weight is 236 g/mol. The summed E-state index contributed by atoms with van der Waals surface area (Å²) in [5, 5.41) is 20.4. The van der Waals surface area contributed by atoms with E-state index in [1.54, 1.807) is 0 Å². The summed E-state index contributed by atoms with van der Waals surface area (Å²) >= 11 is 0. The number of allylic oxidation sites excluding steroid dienone is 1. The highest BCUT2D eigenvalue weighted by atomic mass is 16.3. The van der Waals surface area contributed by atoms with Gasteiger partial charge in [0, 0.05) is 5.41 Å². The van der Waals surface area contributed by atoms with Crippen LogP contribution >= 0.6 is 0 Å². The first-order chi connectivity index (χ1) is 7.82. The van der Waals surface area contributed by atoms with Crippen LogP contribution in [0.3, 0.4) is 0 Å². The van der Waals surface area contributed by atoms with Gasteiger partial charge in [-0.05, 0) is 48.5 Å². The first-order valence-corrected chi connectivity index (χ1v) is 6.87. The van der Waals surface area contributed by atoms with Crippen molar-refractivity contribution < 1.29 is 10.2 Å². The Morgan fingerprint density at radius 3 is 2.47 bits per heavy atom. The molecule has 0 heterocycles. The first-order valence-electron chi connectivity index (χ1n) is 6.87. The van der Waals surface area contributed by atoms with E-state index in [9.17, 15) is 10.2 Å². The van der Waals surface area contributed by atoms with Crippen LogP contribution in [0.2, 0.25) is 0 Å². The zero-order valence-corrected chi connectivity index (χ0v) is 11.2. The third kappa shape index (κ3) is 1.29. The van der Waals surface area contributed by atoms with E-state index in [-0.39, 0.29) is 12.0 Å². The smallest absolute Gasteiger partial charge is 0.0935 e. The van der Waals surface area contributed by atoms with Crippen molar-refractivity contribution in [3.8, 4) is 0 Å². The molecule has 4 atom stereocenters. The van der Waals surface area contributed by atoms with E-state index in [1.807, 2.05) is 0 Å². The van der Waals surface area contributed by atoms with Gasteiger partial charge in [-0.3, -0.25) is 0 Å². The highest BCUT2D eigenvalue weighted by molar-refractivity contribution is 5.34. The molecule has 3 aliphatic rings. The number of rotatable bonds is 1. The Hall–Kier alpha value is -0.340. The van der Waals surface area contributed by atoms with Gasteiger partial charge < -0.3 is 10.2 Å². The van der Waals surface area contributed by atoms with Crippen molar-refractivity contribution in [1.82, 2.24) is 0 Å². The van der Waals surface area contributed by atoms with Gasteiger partial charge >= 0.3 is 0 Å². The SMILES string of the molecule is CC1(C)CC2C=C(CO)[C@]3(O)CC[C@]3(C)C2C1. The van der Waals surface area contributed by atoms with Crippen molar-refractivity contribution >= 4 is 0 Å². The molecule has 0 aliphatic heterocycles. The van der Waals surface area contributed by atoms with Crippen molar-refractivity contribution in [3.63, 3.8) is 0 Å². The van der Waals surface area contributed by atoms with Crippen LogP contribution in [0.25, 0.3) is 0 Å². The van der Waals surface area contributed by atoms with Crippen LogP contribution < -0.4 is 0 Å². The summed E-state index contributed by atoms with van der Waals surface area (Å²) in [4.78, 5) is 0. The normalized spacial score (nSPS) is 51.2. The second-order valence-electron chi connectivity index (χ2n) is 7.47. The van der Waals surface area contributed by atoms with Crippen LogP contribution in [0.4, 0.5) is 0 Å². The summed E-state index contributed by atoms with van der Waals surface area (Å²) in [5.74, 6) is 1.17. The van der Waals surface area contributed by atoms with Crippen LogP contribution in [-0.4, -0.2) is 22.4 Å². The van der Waals surface area contributed by atoms with Crippen LogP contribution in [0.1, 0.15) is 46.5 Å². The summed E-state index contributed by atoms with van der Waals surface area (Å²) < 4.78 is 0. The van der Waals surface area contributed by atoms with Crippen LogP contribution in [0, 0.1) is 22.7 Å². The molecule has 0 radical (unpaired) electrons. The number of hydrogen-bond donors (Lipinski definition) is 2. The Labute approximate surface area is 104 Å². The molecule has 0 saturated heterocycles. The van der Waals surface area contributed by atoms with Crippen LogP contribution in [-0.2, 0) is 0 Å². The maximum atomic E-state index is 10.8. The number of aliphatic hydroxyl groups excluding tert-OH is 1. The molecule has 0 aromatic carbocycles. The minimum Gasteiger partial charge on any atom is -0.392 e. The lowest BCUT2D eigenvalue weighted by atomic mass is 9.45. The molecular weight excluding hydrogens is 212 g/mol. The monoisotopic (exact) mass is 236 g/mol. The van der Waals surface area contributed by atoms with E-state index in [1.165, 1.54) is 12.8 Å². The van der Waals surface area contributed by atoms with Crippen LogP contribution in [0.15, 0.2) is 11.6 Å². The largest absolute Gasteiger partial charge is 0.392 e. The van der Waals surface area contributed by atoms with E-state index in [0.29, 0.717) is 17.3 Å². The first kappa shape index (κ1) is 11.7. The highest BCUT2D eigenvalue weighted by Gasteiger charge is 2.65. The zero-order valence-electron chi connectivity index (χ0n) is 11.2. The molecular formula is C15H24O2. The van der Waals surface area contributed by atoms with Gasteiger partial charge in [0.2, 0.25) is 0 Å². The number of hydrogen-bond acceptors (Lipinski definition) is 2. The van der Waals surface area contributed by atoms with Gasteiger partial charge in [-0.15, -0.1) is 0 Å². The van der Waals surface area contributed by atoms with Crippen molar-refractivity contribution in [2.45, 2.75) is 52.1 Å². The molecule has 2 nitrogen and oxygen atoms in total. The molecule has 2 heteroatoms. The Balaban J connectivity index is 2.04. The summed E-state index contributed by atoms with van der Waals surface area (Å²) in [7, 11) is 0. The Morgan fingerprint density at radius 2 is 1.94 bits per heavy atom. The van der Waals surface area contributed by atoms with Crippen molar-refractivity contribution in [3.05, 3.63) is 11.6 Å². The molecule has 2 fully saturated rings. The van der Waals surface area contributed by atoms with Gasteiger partial charge in [-0.25, -0.2) is 0 Å². The lowest BCUT2D eigenvalue weighted by Crippen LogP contribution is -2.63. The molecule has 0 aromatic heterocycles. The third-order valence-electron chi connectivity index (χ3n) is 5.96. The molecule has 0 bridgehead atoms. The number of aliphatic hydroxyl groups is 2. The molecule has 96 valence electrons. The predicted molar refractivity (Wildman–Crippen MR) is 67.5 cm³/mol. The highest BCUT2D eigenvalue weighted by Crippen LogP contribution is 2.67. The van der Waals surface area contributed by atoms with Crippen molar-refractivity contribution in [2.75, 3.05) is 6.61 Å². The van der Waals surface area contributed by atoms with Gasteiger partial charge in [0.05, 0.1) is 12.2 Å². The summed E-state index contributed by atoms with van der Waals surface area (Å²) in [6.45, 7) is 6.92. The molecule has 2 saturated carbocycles. The van der Waals surface area contributed by atoms with Crippen molar-refractivity contribution in [1.29, 1.82) is 0 Å². The lowest BCUT2D eigenvalue weighted by Gasteiger charge is -2.62. The summed E-state index contributed by atoms with van der Waals surface area (Å²) in [6, 6.07) is 0. The van der Waals surface area contributed by atoms with E-state index in [4.69, 9.17) is 0 Å². The molecule has 0 aromatic rings. The fraction of sp³-hybridized carbons (Fsp3) is 0.867. The van der Waals surface area contributed by atoms with Gasteiger partial charge in [0.15, 0.2) is 0 Å². The molecule has 2 unspecified atom stereocenters. The molecule has 0 amide bonds. The maximum absolute atomic E-state index is 10.8. The predicted octanol–water partition coefficient (Wildman–Crippen LogP) is 2.50. The standard InChI is InChI=1S/C15H24O2/c1-13(2)7-10-6-11(9-16)15(17)5-4-14(15,3)12(10)8-13/h6,10,12,16-17H,4-5,7-9H2,1-3H3/t10?,12?,14-,15-/m1/s1. The lowest BCUT2D eigenvalue weighted by molar-refractivity contribution is -0.176. The summed E-state index contributed by atoms with van der Waals surface area (Å²) in [6.07, 6.45) is 6.55. The minimum atomic E-state index is -0.705. The fourth-order valence-electron chi connectivity index (χ4n) is 4.84. The van der Waals surface area contributed by atoms with Gasteiger partial charge in [-0.2, -0.15) is 0 Å². The Kier molecular flexibility index (Phi) is 2.18. The third-order valence-corrected chi connectivity index (χ3v) is 5.96. The van der Waals surface area contributed by atoms with Crippen molar-refractivity contribution in [2.24, 2.45) is 22.7 Å². The number of fused-ring (bicyclic) bond motifs is 3. The maximum Gasteiger partial charge on any atom is 0.0935 e. The van der Waals surface area contributed by atoms with Gasteiger partial charge in [0.25, 0.3) is 0 Å². The quantitative estimate of drug-likeness (QED) is 0.687. The second kappa shape index (κ2) is 3.16. The van der Waals surface area contributed by atoms with Gasteiger partial charge in [-0.1, -0.05) is 26.8 Å². The molecule has 17 heavy (non-hydrogen) atoms. The zero-order chi connectivity index (χ0) is 12.5. The molecule has 3 rings (SSSR count). The molecule has 3 aliphatic carbocycles. The van der Waals surface area contributed by atoms with E-state index < -0.39 is 5.60 Å². The summed E-state index contributed by atoms with van der Waals surface area (Å²) in [5.41, 5.74) is 0.586. The minimum absolute atomic E-state index is 0.0122. The fourth-order valence-corrected chi connectivity index (χ4v) is 4.84. The Bertz CT molecular complexity index is 384. The van der Waals surface area contributed by atoms with E-state index in [0.717, 1.165) is 18.4 Å². The average Bonchev–Trinajstić information content (AvgIpc) is 2.56.